The second-order valence-electron chi connectivity index (χ2n) is 5.53. The highest BCUT2D eigenvalue weighted by Crippen LogP contribution is 2.18. The summed E-state index contributed by atoms with van der Waals surface area (Å²) < 4.78 is 19.1. The van der Waals surface area contributed by atoms with E-state index in [0.29, 0.717) is 13.2 Å². The molecular weight excluding hydrogens is 339 g/mol. The van der Waals surface area contributed by atoms with Crippen LogP contribution in [0.25, 0.3) is 0 Å². The summed E-state index contributed by atoms with van der Waals surface area (Å²) in [6, 6.07) is 22.3. The van der Waals surface area contributed by atoms with Gasteiger partial charge in [0.25, 0.3) is 0 Å². The van der Waals surface area contributed by atoms with Gasteiger partial charge in [0.15, 0.2) is 0 Å². The Labute approximate surface area is 151 Å². The van der Waals surface area contributed by atoms with Crippen molar-refractivity contribution >= 4 is 17.3 Å². The van der Waals surface area contributed by atoms with Crippen molar-refractivity contribution in [3.05, 3.63) is 94.8 Å². The van der Waals surface area contributed by atoms with Crippen LogP contribution in [0, 0.1) is 5.82 Å². The van der Waals surface area contributed by atoms with Crippen LogP contribution in [0.5, 0.6) is 5.75 Å². The summed E-state index contributed by atoms with van der Waals surface area (Å²) in [6.07, 6.45) is 0. The molecular formula is C20H18ClFN2O. The fourth-order valence-electron chi connectivity index (χ4n) is 2.27. The lowest BCUT2D eigenvalue weighted by molar-refractivity contribution is 0.305. The predicted molar refractivity (Wildman–Crippen MR) is 99.1 cm³/mol. The number of ether oxygens (including phenoxy) is 1. The van der Waals surface area contributed by atoms with Gasteiger partial charge in [0.2, 0.25) is 0 Å². The number of benzene rings is 3. The third-order valence-electron chi connectivity index (χ3n) is 3.61. The normalized spacial score (nSPS) is 10.5. The van der Waals surface area contributed by atoms with Crippen LogP contribution in [0.3, 0.4) is 0 Å². The van der Waals surface area contributed by atoms with Crippen LogP contribution < -0.4 is 15.6 Å². The Bertz CT molecular complexity index is 810. The van der Waals surface area contributed by atoms with Crippen LogP contribution in [0.2, 0.25) is 5.02 Å². The maximum atomic E-state index is 13.4. The third kappa shape index (κ3) is 5.21. The van der Waals surface area contributed by atoms with Crippen LogP contribution in [0.1, 0.15) is 11.1 Å². The van der Waals surface area contributed by atoms with Gasteiger partial charge in [0, 0.05) is 12.2 Å². The van der Waals surface area contributed by atoms with Crippen LogP contribution in [0.15, 0.2) is 72.8 Å². The first-order valence-corrected chi connectivity index (χ1v) is 8.28. The number of hydrogen-bond donors (Lipinski definition) is 2. The molecule has 25 heavy (non-hydrogen) atoms. The zero-order chi connectivity index (χ0) is 17.5. The van der Waals surface area contributed by atoms with Crippen molar-refractivity contribution in [1.82, 2.24) is 5.43 Å². The second-order valence-corrected chi connectivity index (χ2v) is 5.93. The van der Waals surface area contributed by atoms with Crippen molar-refractivity contribution in [2.75, 3.05) is 5.43 Å². The molecule has 0 bridgehead atoms. The SMILES string of the molecule is Fc1cc(COc2ccc(CNNc3ccccc3)cc2)ccc1Cl. The molecule has 0 saturated heterocycles. The summed E-state index contributed by atoms with van der Waals surface area (Å²) in [5.74, 6) is 0.297. The summed E-state index contributed by atoms with van der Waals surface area (Å²) >= 11 is 5.67. The van der Waals surface area contributed by atoms with Gasteiger partial charge in [0.1, 0.15) is 18.2 Å². The quantitative estimate of drug-likeness (QED) is 0.572. The summed E-state index contributed by atoms with van der Waals surface area (Å²) in [5.41, 5.74) is 9.16. The summed E-state index contributed by atoms with van der Waals surface area (Å²) in [7, 11) is 0. The molecule has 0 aliphatic carbocycles. The first-order chi connectivity index (χ1) is 12.2. The van der Waals surface area contributed by atoms with Gasteiger partial charge >= 0.3 is 0 Å². The van der Waals surface area contributed by atoms with Crippen molar-refractivity contribution in [2.24, 2.45) is 0 Å². The van der Waals surface area contributed by atoms with Gasteiger partial charge in [-0.2, -0.15) is 0 Å². The maximum Gasteiger partial charge on any atom is 0.142 e. The largest absolute Gasteiger partial charge is 0.489 e. The Morgan fingerprint density at radius 1 is 0.880 bits per heavy atom. The Kier molecular flexibility index (Phi) is 5.88. The number of anilines is 1. The zero-order valence-electron chi connectivity index (χ0n) is 13.5. The molecule has 3 nitrogen and oxygen atoms in total. The molecule has 0 radical (unpaired) electrons. The molecule has 0 aliphatic heterocycles. The number of rotatable bonds is 7. The van der Waals surface area contributed by atoms with E-state index in [2.05, 4.69) is 10.9 Å². The van der Waals surface area contributed by atoms with Crippen LogP contribution in [-0.4, -0.2) is 0 Å². The molecule has 128 valence electrons. The van der Waals surface area contributed by atoms with Crippen molar-refractivity contribution in [2.45, 2.75) is 13.2 Å². The minimum Gasteiger partial charge on any atom is -0.489 e. The van der Waals surface area contributed by atoms with Gasteiger partial charge in [-0.3, -0.25) is 0 Å². The van der Waals surface area contributed by atoms with Gasteiger partial charge in [-0.15, -0.1) is 0 Å². The Hall–Kier alpha value is -2.56. The first kappa shape index (κ1) is 17.3. The van der Waals surface area contributed by atoms with E-state index in [-0.39, 0.29) is 5.02 Å². The minimum atomic E-state index is -0.435. The standard InChI is InChI=1S/C20H18ClFN2O/c21-19-11-8-16(12-20(19)22)14-25-18-9-6-15(7-10-18)13-23-24-17-4-2-1-3-5-17/h1-12,23-24H,13-14H2. The highest BCUT2D eigenvalue weighted by Gasteiger charge is 2.02. The number of para-hydroxylation sites is 1. The van der Waals surface area contributed by atoms with E-state index in [4.69, 9.17) is 16.3 Å². The van der Waals surface area contributed by atoms with E-state index < -0.39 is 5.82 Å². The lowest BCUT2D eigenvalue weighted by atomic mass is 10.2. The molecule has 3 aromatic carbocycles. The van der Waals surface area contributed by atoms with Crippen molar-refractivity contribution in [3.8, 4) is 5.75 Å². The van der Waals surface area contributed by atoms with Gasteiger partial charge in [-0.1, -0.05) is 48.0 Å². The zero-order valence-corrected chi connectivity index (χ0v) is 14.3. The third-order valence-corrected chi connectivity index (χ3v) is 3.92. The van der Waals surface area contributed by atoms with E-state index in [1.165, 1.54) is 12.1 Å². The molecule has 0 fully saturated rings. The van der Waals surface area contributed by atoms with E-state index in [0.717, 1.165) is 22.6 Å². The van der Waals surface area contributed by atoms with Gasteiger partial charge < -0.3 is 10.2 Å². The number of hydrogen-bond acceptors (Lipinski definition) is 3. The average molecular weight is 357 g/mol. The molecule has 0 aliphatic rings. The predicted octanol–water partition coefficient (Wildman–Crippen LogP) is 5.17. The van der Waals surface area contributed by atoms with Crippen molar-refractivity contribution in [3.63, 3.8) is 0 Å². The fraction of sp³-hybridized carbons (Fsp3) is 0.100. The van der Waals surface area contributed by atoms with Crippen molar-refractivity contribution < 1.29 is 9.13 Å². The topological polar surface area (TPSA) is 33.3 Å². The van der Waals surface area contributed by atoms with E-state index in [1.807, 2.05) is 54.6 Å². The Balaban J connectivity index is 1.47. The van der Waals surface area contributed by atoms with Crippen LogP contribution in [-0.2, 0) is 13.2 Å². The van der Waals surface area contributed by atoms with Gasteiger partial charge in [-0.05, 0) is 47.5 Å². The van der Waals surface area contributed by atoms with Crippen molar-refractivity contribution in [1.29, 1.82) is 0 Å². The van der Waals surface area contributed by atoms with E-state index in [9.17, 15) is 4.39 Å². The van der Waals surface area contributed by atoms with Crippen LogP contribution in [0.4, 0.5) is 10.1 Å². The average Bonchev–Trinajstić information content (AvgIpc) is 2.65. The molecule has 0 spiro atoms. The molecule has 0 aromatic heterocycles. The number of halogens is 2. The molecule has 0 heterocycles. The highest BCUT2D eigenvalue weighted by molar-refractivity contribution is 6.30. The molecule has 5 heteroatoms. The van der Waals surface area contributed by atoms with Gasteiger partial charge in [0.05, 0.1) is 5.02 Å². The molecule has 0 saturated carbocycles. The molecule has 2 N–H and O–H groups in total. The highest BCUT2D eigenvalue weighted by atomic mass is 35.5. The monoisotopic (exact) mass is 356 g/mol. The lowest BCUT2D eigenvalue weighted by Crippen LogP contribution is -2.20. The smallest absolute Gasteiger partial charge is 0.142 e. The molecule has 0 amide bonds. The first-order valence-electron chi connectivity index (χ1n) is 7.90. The fourth-order valence-corrected chi connectivity index (χ4v) is 2.39. The minimum absolute atomic E-state index is 0.115. The summed E-state index contributed by atoms with van der Waals surface area (Å²) in [6.45, 7) is 0.971. The van der Waals surface area contributed by atoms with E-state index in [1.54, 1.807) is 6.07 Å². The molecule has 0 unspecified atom stereocenters. The van der Waals surface area contributed by atoms with Gasteiger partial charge in [-0.25, -0.2) is 9.82 Å². The molecule has 3 rings (SSSR count). The summed E-state index contributed by atoms with van der Waals surface area (Å²) in [5, 5.41) is 0.115. The van der Waals surface area contributed by atoms with E-state index >= 15 is 0 Å². The molecule has 3 aromatic rings. The van der Waals surface area contributed by atoms with Crippen LogP contribution >= 0.6 is 11.6 Å². The summed E-state index contributed by atoms with van der Waals surface area (Å²) in [4.78, 5) is 0. The Morgan fingerprint density at radius 2 is 1.60 bits per heavy atom. The Morgan fingerprint density at radius 3 is 2.32 bits per heavy atom. The second kappa shape index (κ2) is 8.51. The maximum absolute atomic E-state index is 13.4. The lowest BCUT2D eigenvalue weighted by Gasteiger charge is -2.10. The number of nitrogens with one attached hydrogen (secondary N) is 2. The number of hydrazine groups is 1. The molecule has 0 atom stereocenters.